The summed E-state index contributed by atoms with van der Waals surface area (Å²) in [6, 6.07) is 26.3. The van der Waals surface area contributed by atoms with Crippen LogP contribution in [0.25, 0.3) is 33.0 Å². The van der Waals surface area contributed by atoms with Crippen LogP contribution in [-0.4, -0.2) is 0 Å². The van der Waals surface area contributed by atoms with Crippen molar-refractivity contribution in [2.75, 3.05) is 4.90 Å². The van der Waals surface area contributed by atoms with Gasteiger partial charge in [-0.05, 0) is 98.2 Å². The molecule has 1 aliphatic carbocycles. The second kappa shape index (κ2) is 12.4. The van der Waals surface area contributed by atoms with E-state index >= 15 is 0 Å². The Kier molecular flexibility index (Phi) is 4.53. The molecule has 50 heavy (non-hydrogen) atoms. The first-order valence-electron chi connectivity index (χ1n) is 23.0. The van der Waals surface area contributed by atoms with Gasteiger partial charge in [0.05, 0.1) is 19.2 Å². The summed E-state index contributed by atoms with van der Waals surface area (Å²) in [5, 5.41) is 2.06. The summed E-state index contributed by atoms with van der Waals surface area (Å²) >= 11 is 0. The van der Waals surface area contributed by atoms with Crippen LogP contribution < -0.4 is 4.90 Å². The molecule has 8 aromatic rings. The molecule has 1 heteroatoms. The molecule has 0 aromatic heterocycles. The van der Waals surface area contributed by atoms with Crippen LogP contribution in [-0.2, 0) is 5.41 Å². The normalized spacial score (nSPS) is 18.2. The van der Waals surface area contributed by atoms with Crippen LogP contribution in [0.3, 0.4) is 0 Å². The van der Waals surface area contributed by atoms with Crippen LogP contribution in [0.1, 0.15) is 41.4 Å². The molecule has 0 fully saturated rings. The summed E-state index contributed by atoms with van der Waals surface area (Å²) in [4.78, 5) is 1.11. The number of anilines is 3. The highest BCUT2D eigenvalue weighted by atomic mass is 15.1. The van der Waals surface area contributed by atoms with E-state index in [2.05, 4.69) is 11.8 Å². The van der Waals surface area contributed by atoms with Gasteiger partial charge in [-0.2, -0.15) is 0 Å². The van der Waals surface area contributed by atoms with Crippen molar-refractivity contribution >= 4 is 27.8 Å². The molecule has 1 aliphatic rings. The third-order valence-electron chi connectivity index (χ3n) is 8.93. The topological polar surface area (TPSA) is 3.24 Å². The quantitative estimate of drug-likeness (QED) is 0.168. The standard InChI is InChI=1S/C49H33N/c1-4-14-37(15-5-1)39-26-28-43(29-27-39)50(42-20-8-3-9-21-42)44-30-31-46-45-22-12-13-23-47(45)49(48(46)35-44,41-18-6-2-7-19-41)33-32-36-24-25-38-16-10-11-17-40(38)34-36/h1-31,34-35H/i1D,3D,4D,5D,8D,9D,14D,15D,20D,21D,26D,27D,28D,29D. The maximum absolute atomic E-state index is 9.46. The van der Waals surface area contributed by atoms with Crippen molar-refractivity contribution in [1.29, 1.82) is 0 Å². The third-order valence-corrected chi connectivity index (χ3v) is 8.93. The van der Waals surface area contributed by atoms with Crippen LogP contribution in [0.2, 0.25) is 0 Å². The Labute approximate surface area is 313 Å². The molecule has 0 spiro atoms. The van der Waals surface area contributed by atoms with Crippen molar-refractivity contribution in [2.45, 2.75) is 5.41 Å². The van der Waals surface area contributed by atoms with Gasteiger partial charge in [0.1, 0.15) is 5.41 Å². The van der Waals surface area contributed by atoms with Crippen LogP contribution in [0.15, 0.2) is 200 Å². The Bertz CT molecular complexity index is 3270. The van der Waals surface area contributed by atoms with Crippen molar-refractivity contribution in [2.24, 2.45) is 0 Å². The first-order chi connectivity index (χ1) is 30.6. The predicted octanol–water partition coefficient (Wildman–Crippen LogP) is 12.3. The molecule has 1 atom stereocenters. The zero-order chi connectivity index (χ0) is 45.5. The van der Waals surface area contributed by atoms with E-state index in [1.165, 1.54) is 0 Å². The Hall–Kier alpha value is -6.62. The maximum atomic E-state index is 9.46. The minimum atomic E-state index is -1.18. The molecule has 0 heterocycles. The van der Waals surface area contributed by atoms with Gasteiger partial charge in [0.2, 0.25) is 0 Å². The highest BCUT2D eigenvalue weighted by Crippen LogP contribution is 2.54. The predicted molar refractivity (Wildman–Crippen MR) is 209 cm³/mol. The summed E-state index contributed by atoms with van der Waals surface area (Å²) in [6.07, 6.45) is 0. The minimum Gasteiger partial charge on any atom is -0.310 e. The maximum Gasteiger partial charge on any atom is 0.108 e. The number of rotatable bonds is 5. The molecule has 1 nitrogen and oxygen atoms in total. The summed E-state index contributed by atoms with van der Waals surface area (Å²) in [6.45, 7) is 0. The van der Waals surface area contributed by atoms with Crippen molar-refractivity contribution in [1.82, 2.24) is 0 Å². The fourth-order valence-electron chi connectivity index (χ4n) is 6.69. The van der Waals surface area contributed by atoms with Gasteiger partial charge in [-0.15, -0.1) is 0 Å². The lowest BCUT2D eigenvalue weighted by Gasteiger charge is -2.30. The van der Waals surface area contributed by atoms with Crippen LogP contribution in [0.4, 0.5) is 17.1 Å². The zero-order valence-electron chi connectivity index (χ0n) is 40.4. The van der Waals surface area contributed by atoms with E-state index in [1.54, 1.807) is 18.2 Å². The summed E-state index contributed by atoms with van der Waals surface area (Å²) in [7, 11) is 0. The zero-order valence-corrected chi connectivity index (χ0v) is 26.4. The first kappa shape index (κ1) is 18.2. The second-order valence-electron chi connectivity index (χ2n) is 11.7. The van der Waals surface area contributed by atoms with E-state index in [0.717, 1.165) is 43.5 Å². The molecule has 0 radical (unpaired) electrons. The third kappa shape index (κ3) is 5.07. The molecule has 0 amide bonds. The van der Waals surface area contributed by atoms with Crippen molar-refractivity contribution < 1.29 is 19.2 Å². The van der Waals surface area contributed by atoms with Crippen molar-refractivity contribution in [3.8, 4) is 34.1 Å². The fraction of sp³-hybridized carbons (Fsp3) is 0.0204. The molecule has 0 saturated carbocycles. The molecular formula is C49H33N. The van der Waals surface area contributed by atoms with E-state index in [-0.39, 0.29) is 5.69 Å². The average molecular weight is 650 g/mol. The van der Waals surface area contributed by atoms with E-state index in [1.807, 2.05) is 97.1 Å². The van der Waals surface area contributed by atoms with Gasteiger partial charge in [-0.25, -0.2) is 0 Å². The molecule has 0 aliphatic heterocycles. The largest absolute Gasteiger partial charge is 0.310 e. The summed E-state index contributed by atoms with van der Waals surface area (Å²) in [5.74, 6) is 7.10. The Morgan fingerprint density at radius 3 is 1.90 bits per heavy atom. The lowest BCUT2D eigenvalue weighted by molar-refractivity contribution is 0.837. The SMILES string of the molecule is [2H]c1c([2H])c([2H])c(-c2c([2H])c([2H])c(N(c3ccc4c(c3)C(C#Cc3ccc5ccccc5c3)(c3ccccc3)c3ccccc3-4)c3c([2H])c([2H])c([2H])c([2H])c3[2H])c([2H])c2[2H])c([2H])c1[2H]. The molecule has 9 rings (SSSR count). The highest BCUT2D eigenvalue weighted by molar-refractivity contribution is 5.90. The molecule has 0 saturated heterocycles. The fourth-order valence-corrected chi connectivity index (χ4v) is 6.69. The van der Waals surface area contributed by atoms with Gasteiger partial charge >= 0.3 is 0 Å². The van der Waals surface area contributed by atoms with Gasteiger partial charge in [0.25, 0.3) is 0 Å². The van der Waals surface area contributed by atoms with Crippen LogP contribution in [0.5, 0.6) is 0 Å². The highest BCUT2D eigenvalue weighted by Gasteiger charge is 2.44. The summed E-state index contributed by atoms with van der Waals surface area (Å²) in [5.41, 5.74) is 1.51. The number of para-hydroxylation sites is 1. The number of nitrogens with zero attached hydrogens (tertiary/aromatic N) is 1. The van der Waals surface area contributed by atoms with Crippen LogP contribution >= 0.6 is 0 Å². The van der Waals surface area contributed by atoms with Gasteiger partial charge in [-0.1, -0.05) is 163 Å². The average Bonchev–Trinajstić information content (AvgIpc) is 3.60. The van der Waals surface area contributed by atoms with E-state index in [9.17, 15) is 5.48 Å². The van der Waals surface area contributed by atoms with E-state index in [4.69, 9.17) is 13.7 Å². The first-order valence-corrected chi connectivity index (χ1v) is 16.0. The van der Waals surface area contributed by atoms with E-state index < -0.39 is 113 Å². The lowest BCUT2D eigenvalue weighted by Crippen LogP contribution is -2.25. The minimum absolute atomic E-state index is 0.106. The molecule has 0 bridgehead atoms. The smallest absolute Gasteiger partial charge is 0.108 e. The monoisotopic (exact) mass is 649 g/mol. The lowest BCUT2D eigenvalue weighted by atomic mass is 9.72. The van der Waals surface area contributed by atoms with Gasteiger partial charge in [0.15, 0.2) is 0 Å². The van der Waals surface area contributed by atoms with E-state index in [0.29, 0.717) is 5.56 Å². The molecular weight excluding hydrogens is 603 g/mol. The van der Waals surface area contributed by atoms with Crippen molar-refractivity contribution in [3.05, 3.63) is 222 Å². The molecule has 0 N–H and O–H groups in total. The second-order valence-corrected chi connectivity index (χ2v) is 11.7. The molecule has 8 aromatic carbocycles. The molecule has 234 valence electrons. The Balaban J connectivity index is 1.37. The molecule has 1 unspecified atom stereocenters. The Morgan fingerprint density at radius 2 is 1.10 bits per heavy atom. The van der Waals surface area contributed by atoms with Gasteiger partial charge in [0, 0.05) is 22.6 Å². The number of hydrogen-bond acceptors (Lipinski definition) is 1. The Morgan fingerprint density at radius 1 is 0.460 bits per heavy atom. The summed E-state index contributed by atoms with van der Waals surface area (Å²) < 4.78 is 123. The number of benzene rings is 8. The van der Waals surface area contributed by atoms with Gasteiger partial charge < -0.3 is 4.90 Å². The van der Waals surface area contributed by atoms with Crippen LogP contribution in [0, 0.1) is 11.8 Å². The van der Waals surface area contributed by atoms with Gasteiger partial charge in [-0.3, -0.25) is 0 Å². The number of fused-ring (bicyclic) bond motifs is 4. The van der Waals surface area contributed by atoms with Crippen molar-refractivity contribution in [3.63, 3.8) is 0 Å². The number of hydrogen-bond donors (Lipinski definition) is 0.